The molecule has 2 fully saturated rings. The number of ether oxygens (including phenoxy) is 1. The third-order valence-corrected chi connectivity index (χ3v) is 7.89. The van der Waals surface area contributed by atoms with Crippen molar-refractivity contribution < 1.29 is 21.9 Å². The zero-order valence-corrected chi connectivity index (χ0v) is 17.0. The van der Waals surface area contributed by atoms with Gasteiger partial charge in [-0.05, 0) is 37.5 Å². The number of hydrogen-bond acceptors (Lipinski definition) is 6. The van der Waals surface area contributed by atoms with E-state index in [1.54, 1.807) is 0 Å². The number of nitrogens with zero attached hydrogens (tertiary/aromatic N) is 2. The fraction of sp³-hybridized carbons (Fsp3) is 0.526. The Bertz CT molecular complexity index is 1070. The molecule has 0 radical (unpaired) electrons. The maximum atomic E-state index is 14.1. The van der Waals surface area contributed by atoms with E-state index in [1.807, 2.05) is 0 Å². The van der Waals surface area contributed by atoms with Crippen molar-refractivity contribution in [1.82, 2.24) is 15.1 Å². The molecule has 1 saturated carbocycles. The van der Waals surface area contributed by atoms with Gasteiger partial charge in [0.05, 0.1) is 17.6 Å². The molecule has 1 aliphatic carbocycles. The Morgan fingerprint density at radius 1 is 1.27 bits per heavy atom. The van der Waals surface area contributed by atoms with Crippen molar-refractivity contribution >= 4 is 15.8 Å². The van der Waals surface area contributed by atoms with Gasteiger partial charge in [-0.3, -0.25) is 14.7 Å². The van der Waals surface area contributed by atoms with Crippen LogP contribution < -0.4 is 10.5 Å². The molecule has 3 aliphatic rings. The van der Waals surface area contributed by atoms with E-state index >= 15 is 0 Å². The van der Waals surface area contributed by atoms with Crippen LogP contribution in [0, 0.1) is 11.6 Å². The van der Waals surface area contributed by atoms with E-state index in [0.717, 1.165) is 29.5 Å². The Hall–Kier alpha value is -2.08. The fourth-order valence-corrected chi connectivity index (χ4v) is 5.62. The van der Waals surface area contributed by atoms with E-state index in [2.05, 4.69) is 19.8 Å². The number of rotatable bonds is 5. The van der Waals surface area contributed by atoms with E-state index in [0.29, 0.717) is 44.8 Å². The van der Waals surface area contributed by atoms with E-state index in [-0.39, 0.29) is 16.9 Å². The average molecular weight is 439 g/mol. The minimum absolute atomic E-state index is 0.0263. The normalized spacial score (nSPS) is 27.2. The van der Waals surface area contributed by atoms with Gasteiger partial charge >= 0.3 is 0 Å². The van der Waals surface area contributed by atoms with Crippen molar-refractivity contribution in [2.75, 3.05) is 11.3 Å². The predicted octanol–water partition coefficient (Wildman–Crippen LogP) is 1.77. The molecule has 30 heavy (non-hydrogen) atoms. The van der Waals surface area contributed by atoms with Crippen LogP contribution in [-0.4, -0.2) is 47.5 Å². The zero-order chi connectivity index (χ0) is 21.0. The molecule has 3 heterocycles. The summed E-state index contributed by atoms with van der Waals surface area (Å²) in [6.45, 7) is 1.39. The molecule has 0 bridgehead atoms. The summed E-state index contributed by atoms with van der Waals surface area (Å²) in [5.41, 5.74) is 8.08. The number of fused-ring (bicyclic) bond motifs is 1. The Balaban J connectivity index is 1.26. The van der Waals surface area contributed by atoms with Crippen LogP contribution >= 0.6 is 0 Å². The van der Waals surface area contributed by atoms with Crippen molar-refractivity contribution in [3.63, 3.8) is 0 Å². The molecule has 0 amide bonds. The summed E-state index contributed by atoms with van der Waals surface area (Å²) in [7, 11) is -3.39. The van der Waals surface area contributed by atoms with Gasteiger partial charge in [-0.1, -0.05) is 0 Å². The SMILES string of the molecule is N[C@H]1C[C@@H](N2Cc3[nH]nc(NS(=O)(=O)C4CC4)c3C2)CO[C@@H]1c1cc(F)ccc1F. The summed E-state index contributed by atoms with van der Waals surface area (Å²) in [6.07, 6.45) is 1.19. The lowest BCUT2D eigenvalue weighted by Crippen LogP contribution is -2.47. The second-order valence-electron chi connectivity index (χ2n) is 8.25. The van der Waals surface area contributed by atoms with Crippen molar-refractivity contribution in [3.05, 3.63) is 46.7 Å². The van der Waals surface area contributed by atoms with E-state index in [1.165, 1.54) is 0 Å². The number of aromatic amines is 1. The molecule has 1 aromatic heterocycles. The highest BCUT2D eigenvalue weighted by atomic mass is 32.2. The van der Waals surface area contributed by atoms with Crippen LogP contribution in [0.3, 0.4) is 0 Å². The highest BCUT2D eigenvalue weighted by Crippen LogP contribution is 2.36. The number of H-pyrrole nitrogens is 1. The zero-order valence-electron chi connectivity index (χ0n) is 16.1. The Labute approximate surface area is 172 Å². The standard InChI is InChI=1S/C19H23F2N5O3S/c20-10-1-4-15(21)13(5-10)18-16(22)6-11(9-29-18)26-7-14-17(8-26)23-24-19(14)25-30(27,28)12-2-3-12/h1,4-5,11-12,16,18H,2-3,6-9,22H2,(H2,23,24,25)/t11-,16+,18-/m1/s1. The van der Waals surface area contributed by atoms with Crippen molar-refractivity contribution in [3.8, 4) is 0 Å². The molecular formula is C19H23F2N5O3S. The van der Waals surface area contributed by atoms with Crippen LogP contribution in [0.1, 0.15) is 42.2 Å². The molecule has 5 rings (SSSR count). The van der Waals surface area contributed by atoms with Gasteiger partial charge in [-0.15, -0.1) is 0 Å². The smallest absolute Gasteiger partial charge is 0.236 e. The highest BCUT2D eigenvalue weighted by Gasteiger charge is 2.40. The maximum absolute atomic E-state index is 14.1. The minimum atomic E-state index is -3.39. The quantitative estimate of drug-likeness (QED) is 0.654. The molecule has 2 aliphatic heterocycles. The van der Waals surface area contributed by atoms with Gasteiger partial charge < -0.3 is 10.5 Å². The average Bonchev–Trinajstić information content (AvgIpc) is 3.39. The van der Waals surface area contributed by atoms with Crippen LogP contribution in [-0.2, 0) is 27.8 Å². The molecule has 1 saturated heterocycles. The van der Waals surface area contributed by atoms with Gasteiger partial charge in [-0.2, -0.15) is 5.10 Å². The monoisotopic (exact) mass is 439 g/mol. The first-order chi connectivity index (χ1) is 14.3. The molecule has 8 nitrogen and oxygen atoms in total. The number of benzene rings is 1. The number of nitrogens with two attached hydrogens (primary N) is 1. The molecule has 0 spiro atoms. The lowest BCUT2D eigenvalue weighted by atomic mass is 9.93. The van der Waals surface area contributed by atoms with Crippen molar-refractivity contribution in [1.29, 1.82) is 0 Å². The maximum Gasteiger partial charge on any atom is 0.236 e. The Morgan fingerprint density at radius 3 is 2.80 bits per heavy atom. The van der Waals surface area contributed by atoms with Crippen molar-refractivity contribution in [2.24, 2.45) is 5.73 Å². The molecule has 2 aromatic rings. The van der Waals surface area contributed by atoms with E-state index in [4.69, 9.17) is 10.5 Å². The predicted molar refractivity (Wildman–Crippen MR) is 105 cm³/mol. The molecular weight excluding hydrogens is 416 g/mol. The van der Waals surface area contributed by atoms with Gasteiger partial charge in [0, 0.05) is 36.3 Å². The number of nitrogens with one attached hydrogen (secondary N) is 2. The molecule has 0 unspecified atom stereocenters. The first-order valence-electron chi connectivity index (χ1n) is 9.96. The topological polar surface area (TPSA) is 113 Å². The summed E-state index contributed by atoms with van der Waals surface area (Å²) in [4.78, 5) is 2.13. The molecule has 4 N–H and O–H groups in total. The Kier molecular flexibility index (Phi) is 4.80. The summed E-state index contributed by atoms with van der Waals surface area (Å²) in [5, 5.41) is 6.71. The van der Waals surface area contributed by atoms with Crippen LogP contribution in [0.4, 0.5) is 14.6 Å². The summed E-state index contributed by atoms with van der Waals surface area (Å²) >= 11 is 0. The summed E-state index contributed by atoms with van der Waals surface area (Å²) < 4.78 is 60.6. The summed E-state index contributed by atoms with van der Waals surface area (Å²) in [5.74, 6) is -0.721. The highest BCUT2D eigenvalue weighted by molar-refractivity contribution is 7.93. The van der Waals surface area contributed by atoms with Gasteiger partial charge in [-0.25, -0.2) is 17.2 Å². The lowest BCUT2D eigenvalue weighted by Gasteiger charge is -2.38. The fourth-order valence-electron chi connectivity index (χ4n) is 4.26. The van der Waals surface area contributed by atoms with Crippen LogP contribution in [0.2, 0.25) is 0 Å². The summed E-state index contributed by atoms with van der Waals surface area (Å²) in [6, 6.07) is 2.75. The molecule has 1 aromatic carbocycles. The Morgan fingerprint density at radius 2 is 2.07 bits per heavy atom. The van der Waals surface area contributed by atoms with E-state index in [9.17, 15) is 17.2 Å². The van der Waals surface area contributed by atoms with Crippen LogP contribution in [0.15, 0.2) is 18.2 Å². The second kappa shape index (κ2) is 7.26. The van der Waals surface area contributed by atoms with Gasteiger partial charge in [0.2, 0.25) is 10.0 Å². The molecule has 3 atom stereocenters. The van der Waals surface area contributed by atoms with Crippen LogP contribution in [0.25, 0.3) is 0 Å². The lowest BCUT2D eigenvalue weighted by molar-refractivity contribution is -0.0532. The number of hydrogen-bond donors (Lipinski definition) is 3. The second-order valence-corrected chi connectivity index (χ2v) is 10.2. The van der Waals surface area contributed by atoms with Gasteiger partial charge in [0.15, 0.2) is 5.82 Å². The first kappa shape index (κ1) is 19.9. The largest absolute Gasteiger partial charge is 0.370 e. The number of sulfonamides is 1. The molecule has 11 heteroatoms. The van der Waals surface area contributed by atoms with Crippen molar-refractivity contribution in [2.45, 2.75) is 55.8 Å². The van der Waals surface area contributed by atoms with Gasteiger partial charge in [0.1, 0.15) is 17.7 Å². The molecule has 162 valence electrons. The number of anilines is 1. The number of aromatic nitrogens is 2. The third kappa shape index (κ3) is 3.59. The van der Waals surface area contributed by atoms with E-state index < -0.39 is 33.8 Å². The van der Waals surface area contributed by atoms with Gasteiger partial charge in [0.25, 0.3) is 0 Å². The minimum Gasteiger partial charge on any atom is -0.370 e. The van der Waals surface area contributed by atoms with Crippen LogP contribution in [0.5, 0.6) is 0 Å². The third-order valence-electron chi connectivity index (χ3n) is 6.06. The first-order valence-corrected chi connectivity index (χ1v) is 11.5. The number of halogens is 2.